The molecule has 0 spiro atoms. The third-order valence-corrected chi connectivity index (χ3v) is 3.90. The van der Waals surface area contributed by atoms with Gasteiger partial charge in [-0.15, -0.1) is 0 Å². The van der Waals surface area contributed by atoms with E-state index in [1.165, 1.54) is 13.2 Å². The molecule has 0 saturated heterocycles. The summed E-state index contributed by atoms with van der Waals surface area (Å²) >= 11 is 1.64. The summed E-state index contributed by atoms with van der Waals surface area (Å²) in [6.07, 6.45) is 2.02. The zero-order valence-corrected chi connectivity index (χ0v) is 13.5. The van der Waals surface area contributed by atoms with Crippen molar-refractivity contribution in [2.24, 2.45) is 5.73 Å². The number of hydrogen-bond acceptors (Lipinski definition) is 4. The van der Waals surface area contributed by atoms with Gasteiger partial charge < -0.3 is 15.8 Å². The van der Waals surface area contributed by atoms with Gasteiger partial charge in [0.2, 0.25) is 5.91 Å². The molecule has 0 aromatic heterocycles. The molecule has 1 amide bonds. The first-order chi connectivity index (χ1) is 10.0. The highest BCUT2D eigenvalue weighted by atomic mass is 32.2. The molecule has 21 heavy (non-hydrogen) atoms. The number of nitrogens with one attached hydrogen (secondary N) is 1. The van der Waals surface area contributed by atoms with Crippen molar-refractivity contribution >= 4 is 17.7 Å². The Morgan fingerprint density at radius 2 is 2.14 bits per heavy atom. The van der Waals surface area contributed by atoms with Crippen molar-refractivity contribution in [1.29, 1.82) is 0 Å². The molecule has 6 heteroatoms. The summed E-state index contributed by atoms with van der Waals surface area (Å²) in [4.78, 5) is 12.0. The molecular weight excluding hydrogens is 291 g/mol. The molecule has 1 aromatic carbocycles. The van der Waals surface area contributed by atoms with Crippen molar-refractivity contribution in [3.63, 3.8) is 0 Å². The van der Waals surface area contributed by atoms with E-state index in [9.17, 15) is 9.18 Å². The fourth-order valence-electron chi connectivity index (χ4n) is 2.09. The second kappa shape index (κ2) is 9.02. The van der Waals surface area contributed by atoms with Gasteiger partial charge in [0, 0.05) is 12.7 Å². The van der Waals surface area contributed by atoms with E-state index < -0.39 is 12.1 Å². The molecule has 0 radical (unpaired) electrons. The number of halogens is 1. The summed E-state index contributed by atoms with van der Waals surface area (Å²) in [5.41, 5.74) is 6.24. The molecule has 0 fully saturated rings. The van der Waals surface area contributed by atoms with Gasteiger partial charge in [0.15, 0.2) is 0 Å². The number of hydrogen-bond donors (Lipinski definition) is 2. The minimum absolute atomic E-state index is 0.241. The Morgan fingerprint density at radius 3 is 2.71 bits per heavy atom. The molecule has 0 aliphatic heterocycles. The first-order valence-corrected chi connectivity index (χ1v) is 8.22. The number of carbonyl (C=O) groups is 1. The number of amides is 1. The molecule has 0 heterocycles. The lowest BCUT2D eigenvalue weighted by Gasteiger charge is -2.25. The average Bonchev–Trinajstić information content (AvgIpc) is 2.47. The summed E-state index contributed by atoms with van der Waals surface area (Å²) in [5.74, 6) is 0.233. The SMILES string of the molecule is COC(c1ccccc1F)C(C)NC(=O)C(N)CCSC. The Balaban J connectivity index is 2.70. The van der Waals surface area contributed by atoms with Gasteiger partial charge in [0.1, 0.15) is 11.9 Å². The molecule has 0 aliphatic rings. The second-order valence-electron chi connectivity index (χ2n) is 4.86. The van der Waals surface area contributed by atoms with E-state index in [1.807, 2.05) is 6.26 Å². The lowest BCUT2D eigenvalue weighted by Crippen LogP contribution is -2.47. The van der Waals surface area contributed by atoms with Gasteiger partial charge in [-0.25, -0.2) is 4.39 Å². The van der Waals surface area contributed by atoms with Gasteiger partial charge in [-0.2, -0.15) is 11.8 Å². The number of thioether (sulfide) groups is 1. The maximum atomic E-state index is 13.8. The van der Waals surface area contributed by atoms with Crippen LogP contribution in [0.5, 0.6) is 0 Å². The number of methoxy groups -OCH3 is 1. The molecule has 3 atom stereocenters. The molecular formula is C15H23FN2O2S. The van der Waals surface area contributed by atoms with Gasteiger partial charge in [-0.1, -0.05) is 18.2 Å². The van der Waals surface area contributed by atoms with Crippen LogP contribution in [0.3, 0.4) is 0 Å². The lowest BCUT2D eigenvalue weighted by atomic mass is 10.0. The number of carbonyl (C=O) groups excluding carboxylic acids is 1. The molecule has 1 rings (SSSR count). The van der Waals surface area contributed by atoms with Crippen LogP contribution >= 0.6 is 11.8 Å². The fourth-order valence-corrected chi connectivity index (χ4v) is 2.58. The Kier molecular flexibility index (Phi) is 7.71. The number of ether oxygens (including phenoxy) is 1. The highest BCUT2D eigenvalue weighted by Crippen LogP contribution is 2.23. The summed E-state index contributed by atoms with van der Waals surface area (Å²) in [5, 5.41) is 2.80. The van der Waals surface area contributed by atoms with Crippen molar-refractivity contribution < 1.29 is 13.9 Å². The lowest BCUT2D eigenvalue weighted by molar-refractivity contribution is -0.124. The summed E-state index contributed by atoms with van der Waals surface area (Å²) in [6, 6.07) is 5.45. The molecule has 1 aromatic rings. The predicted octanol–water partition coefficient (Wildman–Crippen LogP) is 2.10. The third kappa shape index (κ3) is 5.30. The van der Waals surface area contributed by atoms with Gasteiger partial charge in [0.25, 0.3) is 0 Å². The van der Waals surface area contributed by atoms with Crippen LogP contribution in [0.15, 0.2) is 24.3 Å². The normalized spacial score (nSPS) is 15.3. The maximum absolute atomic E-state index is 13.8. The summed E-state index contributed by atoms with van der Waals surface area (Å²) in [6.45, 7) is 1.78. The Labute approximate surface area is 129 Å². The predicted molar refractivity (Wildman–Crippen MR) is 84.7 cm³/mol. The van der Waals surface area contributed by atoms with Crippen LogP contribution in [0.2, 0.25) is 0 Å². The van der Waals surface area contributed by atoms with Crippen LogP contribution in [-0.2, 0) is 9.53 Å². The van der Waals surface area contributed by atoms with E-state index in [4.69, 9.17) is 10.5 Å². The minimum atomic E-state index is -0.557. The van der Waals surface area contributed by atoms with Crippen molar-refractivity contribution in [2.75, 3.05) is 19.1 Å². The van der Waals surface area contributed by atoms with E-state index in [2.05, 4.69) is 5.32 Å². The standard InChI is InChI=1S/C15H23FN2O2S/c1-10(18-15(19)13(17)8-9-21-3)14(20-2)11-6-4-5-7-12(11)16/h4-7,10,13-14H,8-9,17H2,1-3H3,(H,18,19). The zero-order chi connectivity index (χ0) is 15.8. The summed E-state index contributed by atoms with van der Waals surface area (Å²) < 4.78 is 19.2. The van der Waals surface area contributed by atoms with Crippen LogP contribution in [0.25, 0.3) is 0 Å². The van der Waals surface area contributed by atoms with E-state index in [0.29, 0.717) is 12.0 Å². The van der Waals surface area contributed by atoms with Crippen molar-refractivity contribution in [1.82, 2.24) is 5.32 Å². The van der Waals surface area contributed by atoms with Gasteiger partial charge in [-0.3, -0.25) is 4.79 Å². The third-order valence-electron chi connectivity index (χ3n) is 3.26. The van der Waals surface area contributed by atoms with Gasteiger partial charge in [0.05, 0.1) is 12.1 Å². The fraction of sp³-hybridized carbons (Fsp3) is 0.533. The minimum Gasteiger partial charge on any atom is -0.375 e. The Morgan fingerprint density at radius 1 is 1.48 bits per heavy atom. The Bertz CT molecular complexity index is 459. The zero-order valence-electron chi connectivity index (χ0n) is 12.6. The first kappa shape index (κ1) is 17.9. The molecule has 0 bridgehead atoms. The number of rotatable bonds is 8. The van der Waals surface area contributed by atoms with Crippen LogP contribution in [0.4, 0.5) is 4.39 Å². The van der Waals surface area contributed by atoms with E-state index in [-0.39, 0.29) is 17.8 Å². The van der Waals surface area contributed by atoms with Crippen LogP contribution in [-0.4, -0.2) is 37.1 Å². The van der Waals surface area contributed by atoms with Crippen molar-refractivity contribution in [3.05, 3.63) is 35.6 Å². The van der Waals surface area contributed by atoms with Gasteiger partial charge in [-0.05, 0) is 31.4 Å². The number of nitrogens with two attached hydrogens (primary N) is 1. The molecule has 4 nitrogen and oxygen atoms in total. The highest BCUT2D eigenvalue weighted by Gasteiger charge is 2.25. The topological polar surface area (TPSA) is 64.3 Å². The summed E-state index contributed by atoms with van der Waals surface area (Å²) in [7, 11) is 1.49. The van der Waals surface area contributed by atoms with Gasteiger partial charge >= 0.3 is 0 Å². The van der Waals surface area contributed by atoms with Crippen LogP contribution in [0, 0.1) is 5.82 Å². The van der Waals surface area contributed by atoms with Crippen molar-refractivity contribution in [2.45, 2.75) is 31.5 Å². The monoisotopic (exact) mass is 314 g/mol. The molecule has 0 aliphatic carbocycles. The Hall–Kier alpha value is -1.11. The van der Waals surface area contributed by atoms with Crippen LogP contribution < -0.4 is 11.1 Å². The second-order valence-corrected chi connectivity index (χ2v) is 5.85. The van der Waals surface area contributed by atoms with E-state index in [0.717, 1.165) is 5.75 Å². The first-order valence-electron chi connectivity index (χ1n) is 6.83. The van der Waals surface area contributed by atoms with Crippen LogP contribution in [0.1, 0.15) is 25.0 Å². The average molecular weight is 314 g/mol. The molecule has 3 N–H and O–H groups in total. The van der Waals surface area contributed by atoms with E-state index in [1.54, 1.807) is 36.9 Å². The van der Waals surface area contributed by atoms with E-state index >= 15 is 0 Å². The quantitative estimate of drug-likeness (QED) is 0.771. The number of benzene rings is 1. The molecule has 3 unspecified atom stereocenters. The molecule has 118 valence electrons. The maximum Gasteiger partial charge on any atom is 0.237 e. The van der Waals surface area contributed by atoms with Crippen molar-refractivity contribution in [3.8, 4) is 0 Å². The largest absolute Gasteiger partial charge is 0.375 e. The highest BCUT2D eigenvalue weighted by molar-refractivity contribution is 7.98. The molecule has 0 saturated carbocycles. The smallest absolute Gasteiger partial charge is 0.237 e.